The van der Waals surface area contributed by atoms with Gasteiger partial charge in [-0.05, 0) is 68.9 Å². The van der Waals surface area contributed by atoms with E-state index in [1.165, 1.54) is 7.11 Å². The molecule has 0 spiro atoms. The van der Waals surface area contributed by atoms with Gasteiger partial charge >= 0.3 is 0 Å². The Balaban J connectivity index is 1.89. The van der Waals surface area contributed by atoms with Gasteiger partial charge in [-0.2, -0.15) is 0 Å². The molecule has 2 aliphatic carbocycles. The summed E-state index contributed by atoms with van der Waals surface area (Å²) >= 11 is 0. The zero-order valence-corrected chi connectivity index (χ0v) is 32.9. The Morgan fingerprint density at radius 1 is 1.08 bits per heavy atom. The number of aliphatic hydroxyl groups is 1. The second-order valence-corrected chi connectivity index (χ2v) is 21.7. The third-order valence-corrected chi connectivity index (χ3v) is 16.8. The van der Waals surface area contributed by atoms with Gasteiger partial charge in [0.25, 0.3) is 0 Å². The molecule has 1 aromatic rings. The summed E-state index contributed by atoms with van der Waals surface area (Å²) in [5.74, 6) is -1.89. The normalized spacial score (nSPS) is 33.8. The van der Waals surface area contributed by atoms with Crippen LogP contribution in [0.25, 0.3) is 0 Å². The highest BCUT2D eigenvalue weighted by Crippen LogP contribution is 2.59. The Kier molecular flexibility index (Phi) is 12.0. The summed E-state index contributed by atoms with van der Waals surface area (Å²) in [6.07, 6.45) is -0.0400. The molecule has 1 N–H and O–H groups in total. The van der Waals surface area contributed by atoms with Crippen LogP contribution < -0.4 is 4.74 Å². The summed E-state index contributed by atoms with van der Waals surface area (Å²) in [5.41, 5.74) is -2.37. The van der Waals surface area contributed by atoms with Crippen LogP contribution in [-0.4, -0.2) is 88.4 Å². The highest BCUT2D eigenvalue weighted by molar-refractivity contribution is 6.74. The summed E-state index contributed by atoms with van der Waals surface area (Å²) in [7, 11) is 0.683. The van der Waals surface area contributed by atoms with Gasteiger partial charge in [0.2, 0.25) is 0 Å². The van der Waals surface area contributed by atoms with Gasteiger partial charge in [-0.15, -0.1) is 0 Å². The van der Waals surface area contributed by atoms with Crippen molar-refractivity contribution in [2.45, 2.75) is 141 Å². The standard InChI is InChI=1S/C38H62O10Si/c1-25-29(37(23-46-36(7,8)48-37)30(18-20-39)44-22-26-13-15-27(43-10)16-14-26)21-31(47-49(11,12)34(2,3)4)38(41)19-17-28(35(38,5)6)33(32(25)40)45-24-42-9/h13-16,20,25,28-31,33,41H,17-19,21-24H2,1-12H3/t25-,28-,29+,30-,31+,33-,37-,38-/m1/s1. The van der Waals surface area contributed by atoms with Crippen molar-refractivity contribution >= 4 is 20.4 Å². The Hall–Kier alpha value is -1.70. The third kappa shape index (κ3) is 7.75. The first-order valence-electron chi connectivity index (χ1n) is 17.8. The molecule has 0 amide bonds. The number of carbonyl (C=O) groups is 2. The second-order valence-electron chi connectivity index (χ2n) is 17.0. The van der Waals surface area contributed by atoms with Crippen molar-refractivity contribution in [1.29, 1.82) is 0 Å². The van der Waals surface area contributed by atoms with Crippen molar-refractivity contribution in [1.82, 2.24) is 0 Å². The van der Waals surface area contributed by atoms with E-state index < -0.39 is 60.9 Å². The number of ketones is 1. The van der Waals surface area contributed by atoms with E-state index in [0.717, 1.165) is 17.6 Å². The highest BCUT2D eigenvalue weighted by atomic mass is 28.4. The predicted octanol–water partition coefficient (Wildman–Crippen LogP) is 6.46. The Morgan fingerprint density at radius 3 is 2.27 bits per heavy atom. The zero-order chi connectivity index (χ0) is 36.6. The SMILES string of the molecule is COCO[C@H]1C(=O)[C@H](C)[C@@H]([C@@]2([C@@H](CC=O)OCc3ccc(OC)cc3)COC(C)(C)O2)C[C@H](O[Si](C)(C)C(C)(C)C)[C@]2(O)CC[C@H]1C2(C)C. The monoisotopic (exact) mass is 706 g/mol. The zero-order valence-electron chi connectivity index (χ0n) is 31.9. The number of carbonyl (C=O) groups excluding carboxylic acids is 2. The number of aldehydes is 1. The van der Waals surface area contributed by atoms with Crippen molar-refractivity contribution in [3.05, 3.63) is 29.8 Å². The average molecular weight is 707 g/mol. The van der Waals surface area contributed by atoms with E-state index in [-0.39, 0.29) is 43.2 Å². The average Bonchev–Trinajstić information content (AvgIpc) is 3.48. The Bertz CT molecular complexity index is 1290. The number of ether oxygens (including phenoxy) is 6. The summed E-state index contributed by atoms with van der Waals surface area (Å²) < 4.78 is 44.1. The van der Waals surface area contributed by atoms with Crippen LogP contribution in [-0.2, 0) is 44.3 Å². The maximum Gasteiger partial charge on any atom is 0.192 e. The fourth-order valence-electron chi connectivity index (χ4n) is 8.21. The number of Topliss-reactive ketones (excluding diaryl/α,β-unsaturated/α-hetero) is 1. The lowest BCUT2D eigenvalue weighted by Gasteiger charge is -2.51. The molecule has 1 aliphatic heterocycles. The topological polar surface area (TPSA) is 119 Å². The summed E-state index contributed by atoms with van der Waals surface area (Å²) in [4.78, 5) is 27.3. The first-order valence-corrected chi connectivity index (χ1v) is 20.7. The number of methoxy groups -OCH3 is 2. The van der Waals surface area contributed by atoms with Gasteiger partial charge in [-0.25, -0.2) is 0 Å². The molecule has 1 saturated heterocycles. The minimum atomic E-state index is -2.47. The molecular weight excluding hydrogens is 644 g/mol. The number of rotatable bonds is 13. The van der Waals surface area contributed by atoms with Crippen molar-refractivity contribution in [3.63, 3.8) is 0 Å². The number of hydrogen-bond acceptors (Lipinski definition) is 10. The van der Waals surface area contributed by atoms with Gasteiger partial charge in [0.15, 0.2) is 19.9 Å². The molecule has 1 aromatic carbocycles. The van der Waals surface area contributed by atoms with E-state index in [9.17, 15) is 14.7 Å². The number of benzene rings is 1. The molecular formula is C38H62O10Si. The van der Waals surface area contributed by atoms with Gasteiger partial charge in [-0.3, -0.25) is 4.79 Å². The second kappa shape index (κ2) is 14.7. The largest absolute Gasteiger partial charge is 0.497 e. The van der Waals surface area contributed by atoms with E-state index in [2.05, 4.69) is 33.9 Å². The van der Waals surface area contributed by atoms with E-state index in [0.29, 0.717) is 19.3 Å². The van der Waals surface area contributed by atoms with Crippen LogP contribution in [0.2, 0.25) is 18.1 Å². The summed E-state index contributed by atoms with van der Waals surface area (Å²) in [6.45, 7) is 20.8. The highest BCUT2D eigenvalue weighted by Gasteiger charge is 2.67. The molecule has 278 valence electrons. The molecule has 11 heteroatoms. The summed E-state index contributed by atoms with van der Waals surface area (Å²) in [5, 5.41) is 12.9. The van der Waals surface area contributed by atoms with E-state index in [1.807, 2.05) is 58.9 Å². The number of fused-ring (bicyclic) bond motifs is 2. The van der Waals surface area contributed by atoms with Crippen LogP contribution in [0.1, 0.15) is 86.6 Å². The lowest BCUT2D eigenvalue weighted by atomic mass is 9.67. The molecule has 2 saturated carbocycles. The van der Waals surface area contributed by atoms with Gasteiger partial charge in [0, 0.05) is 36.7 Å². The molecule has 10 nitrogen and oxygen atoms in total. The van der Waals surface area contributed by atoms with E-state index >= 15 is 0 Å². The van der Waals surface area contributed by atoms with Crippen LogP contribution in [0.3, 0.4) is 0 Å². The molecule has 3 fully saturated rings. The fraction of sp³-hybridized carbons (Fsp3) is 0.789. The van der Waals surface area contributed by atoms with Crippen LogP contribution in [0.15, 0.2) is 24.3 Å². The van der Waals surface area contributed by atoms with Crippen LogP contribution in [0, 0.1) is 23.2 Å². The van der Waals surface area contributed by atoms with Crippen molar-refractivity contribution in [2.24, 2.45) is 23.2 Å². The molecule has 49 heavy (non-hydrogen) atoms. The minimum absolute atomic E-state index is 0.0166. The van der Waals surface area contributed by atoms with Crippen molar-refractivity contribution < 1.29 is 47.5 Å². The van der Waals surface area contributed by atoms with E-state index in [4.69, 9.17) is 32.8 Å². The maximum absolute atomic E-state index is 14.9. The van der Waals surface area contributed by atoms with E-state index in [1.54, 1.807) is 7.11 Å². The lowest BCUT2D eigenvalue weighted by molar-refractivity contribution is -0.224. The molecule has 0 unspecified atom stereocenters. The third-order valence-electron chi connectivity index (χ3n) is 12.4. The molecule has 8 atom stereocenters. The predicted molar refractivity (Wildman–Crippen MR) is 189 cm³/mol. The molecule has 3 aliphatic rings. The Morgan fingerprint density at radius 2 is 1.73 bits per heavy atom. The maximum atomic E-state index is 14.9. The fourth-order valence-corrected chi connectivity index (χ4v) is 9.56. The quantitative estimate of drug-likeness (QED) is 0.139. The number of hydrogen-bond donors (Lipinski definition) is 1. The van der Waals surface area contributed by atoms with Gasteiger partial charge in [-0.1, -0.05) is 53.7 Å². The first kappa shape index (κ1) is 40.1. The molecule has 0 aromatic heterocycles. The molecule has 2 bridgehead atoms. The Labute approximate surface area is 295 Å². The van der Waals surface area contributed by atoms with Gasteiger partial charge < -0.3 is 42.7 Å². The molecule has 0 radical (unpaired) electrons. The smallest absolute Gasteiger partial charge is 0.192 e. The van der Waals surface area contributed by atoms with Crippen molar-refractivity contribution in [3.8, 4) is 5.75 Å². The molecule has 4 rings (SSSR count). The van der Waals surface area contributed by atoms with Crippen molar-refractivity contribution in [2.75, 3.05) is 27.6 Å². The first-order chi connectivity index (χ1) is 22.7. The molecule has 1 heterocycles. The van der Waals surface area contributed by atoms with Gasteiger partial charge in [0.05, 0.1) is 38.1 Å². The van der Waals surface area contributed by atoms with Gasteiger partial charge in [0.1, 0.15) is 30.5 Å². The van der Waals surface area contributed by atoms with Crippen LogP contribution >= 0.6 is 0 Å². The van der Waals surface area contributed by atoms with Crippen LogP contribution in [0.5, 0.6) is 5.75 Å². The van der Waals surface area contributed by atoms with Crippen LogP contribution in [0.4, 0.5) is 0 Å². The summed E-state index contributed by atoms with van der Waals surface area (Å²) in [6, 6.07) is 7.56. The lowest BCUT2D eigenvalue weighted by Crippen LogP contribution is -2.61. The minimum Gasteiger partial charge on any atom is -0.497 e.